The quantitative estimate of drug-likeness (QED) is 0.0491. The topological polar surface area (TPSA) is 216 Å². The first kappa shape index (κ1) is 33.5. The van der Waals surface area contributed by atoms with Crippen molar-refractivity contribution in [1.29, 1.82) is 0 Å². The molecule has 0 aliphatic carbocycles. The van der Waals surface area contributed by atoms with Crippen LogP contribution < -0.4 is 16.0 Å². The molecule has 228 valence electrons. The second-order valence-corrected chi connectivity index (χ2v) is 9.49. The van der Waals surface area contributed by atoms with Crippen molar-refractivity contribution in [2.75, 3.05) is 6.67 Å². The van der Waals surface area contributed by atoms with Crippen LogP contribution in [0, 0.1) is 5.92 Å². The van der Waals surface area contributed by atoms with Gasteiger partial charge < -0.3 is 30.6 Å². The summed E-state index contributed by atoms with van der Waals surface area (Å²) in [6.45, 7) is 3.56. The summed E-state index contributed by atoms with van der Waals surface area (Å²) >= 11 is 0. The number of nitrogens with zero attached hydrogens (tertiary/aromatic N) is 1. The molecule has 0 saturated heterocycles. The average molecular weight is 589 g/mol. The minimum atomic E-state index is -1.59. The van der Waals surface area contributed by atoms with Gasteiger partial charge in [-0.15, -0.1) is 0 Å². The van der Waals surface area contributed by atoms with E-state index in [1.165, 1.54) is 36.4 Å². The van der Waals surface area contributed by atoms with Gasteiger partial charge in [-0.25, -0.2) is 9.86 Å². The van der Waals surface area contributed by atoms with E-state index in [-0.39, 0.29) is 24.4 Å². The summed E-state index contributed by atoms with van der Waals surface area (Å²) in [5.41, 5.74) is 0.593. The number of carboxylic acids is 2. The van der Waals surface area contributed by atoms with Gasteiger partial charge in [0.25, 0.3) is 11.8 Å². The number of hydrogen-bond acceptors (Lipinski definition) is 8. The van der Waals surface area contributed by atoms with Gasteiger partial charge in [0.15, 0.2) is 5.76 Å². The molecule has 6 N–H and O–H groups in total. The molecule has 0 aliphatic heterocycles. The van der Waals surface area contributed by atoms with E-state index in [1.54, 1.807) is 6.92 Å². The van der Waals surface area contributed by atoms with E-state index in [1.807, 2.05) is 6.92 Å². The van der Waals surface area contributed by atoms with Crippen LogP contribution in [-0.2, 0) is 19.2 Å². The first-order chi connectivity index (χ1) is 20.0. The van der Waals surface area contributed by atoms with Crippen molar-refractivity contribution in [1.82, 2.24) is 21.0 Å². The van der Waals surface area contributed by atoms with Gasteiger partial charge in [-0.2, -0.15) is 0 Å². The van der Waals surface area contributed by atoms with E-state index in [4.69, 9.17) is 14.6 Å². The Hall–Kier alpha value is -4.72. The van der Waals surface area contributed by atoms with E-state index in [9.17, 15) is 34.0 Å². The van der Waals surface area contributed by atoms with Gasteiger partial charge in [0.2, 0.25) is 12.3 Å². The zero-order valence-electron chi connectivity index (χ0n) is 23.4. The number of furan rings is 1. The lowest BCUT2D eigenvalue weighted by molar-refractivity contribution is -0.168. The van der Waals surface area contributed by atoms with E-state index < -0.39 is 54.1 Å². The molecule has 3 atom stereocenters. The first-order valence-corrected chi connectivity index (χ1v) is 13.5. The predicted molar refractivity (Wildman–Crippen MR) is 147 cm³/mol. The number of aliphatic carboxylic acids is 2. The third kappa shape index (κ3) is 9.73. The molecular weight excluding hydrogens is 552 g/mol. The van der Waals surface area contributed by atoms with Crippen molar-refractivity contribution in [3.05, 3.63) is 47.7 Å². The van der Waals surface area contributed by atoms with Gasteiger partial charge in [0.1, 0.15) is 11.8 Å². The van der Waals surface area contributed by atoms with Gasteiger partial charge in [-0.1, -0.05) is 45.2 Å². The molecule has 1 heterocycles. The zero-order valence-corrected chi connectivity index (χ0v) is 23.4. The molecule has 14 heteroatoms. The fraction of sp³-hybridized carbons (Fsp3) is 0.429. The number of carbonyl (C=O) groups excluding carboxylic acids is 4. The third-order valence-electron chi connectivity index (χ3n) is 6.54. The highest BCUT2D eigenvalue weighted by molar-refractivity contribution is 5.97. The maximum atomic E-state index is 12.9. The fourth-order valence-corrected chi connectivity index (χ4v) is 4.29. The Morgan fingerprint density at radius 3 is 2.21 bits per heavy atom. The van der Waals surface area contributed by atoms with E-state index >= 15 is 0 Å². The number of nitrogens with one attached hydrogen (secondary N) is 3. The third-order valence-corrected chi connectivity index (χ3v) is 6.54. The van der Waals surface area contributed by atoms with Crippen molar-refractivity contribution >= 4 is 36.1 Å². The molecule has 4 amide bonds. The SMILES string of the molecule is CCCCC[C@@H](C(=O)NCNC(=O)c1ccc(-c2ccc(C(=O)N[C@@H](CC(=O)O)C(=O)O)cc2)o1)[C@@H](CC)N(O)C=O. The predicted octanol–water partition coefficient (Wildman–Crippen LogP) is 2.23. The van der Waals surface area contributed by atoms with Crippen LogP contribution in [0.2, 0.25) is 0 Å². The fourth-order valence-electron chi connectivity index (χ4n) is 4.29. The van der Waals surface area contributed by atoms with Crippen molar-refractivity contribution in [2.45, 2.75) is 64.5 Å². The Balaban J connectivity index is 1.98. The zero-order chi connectivity index (χ0) is 31.2. The molecule has 42 heavy (non-hydrogen) atoms. The number of amides is 4. The molecule has 1 aromatic carbocycles. The highest BCUT2D eigenvalue weighted by atomic mass is 16.5. The molecule has 0 unspecified atom stereocenters. The van der Waals surface area contributed by atoms with E-state index in [2.05, 4.69) is 16.0 Å². The molecule has 1 aromatic heterocycles. The highest BCUT2D eigenvalue weighted by Crippen LogP contribution is 2.23. The summed E-state index contributed by atoms with van der Waals surface area (Å²) < 4.78 is 5.60. The molecule has 2 rings (SSSR count). The maximum absolute atomic E-state index is 12.9. The molecule has 0 saturated carbocycles. The Kier molecular flexibility index (Phi) is 13.2. The molecule has 2 aromatic rings. The number of rotatable bonds is 18. The van der Waals surface area contributed by atoms with Crippen molar-refractivity contribution in [3.8, 4) is 11.3 Å². The molecule has 0 bridgehead atoms. The van der Waals surface area contributed by atoms with Gasteiger partial charge in [0.05, 0.1) is 25.0 Å². The van der Waals surface area contributed by atoms with Crippen LogP contribution in [-0.4, -0.2) is 75.3 Å². The Morgan fingerprint density at radius 2 is 1.64 bits per heavy atom. The van der Waals surface area contributed by atoms with Gasteiger partial charge >= 0.3 is 11.9 Å². The van der Waals surface area contributed by atoms with Crippen molar-refractivity contribution in [2.24, 2.45) is 5.92 Å². The molecule has 0 aliphatic rings. The average Bonchev–Trinajstić information content (AvgIpc) is 3.46. The van der Waals surface area contributed by atoms with Crippen LogP contribution in [0.15, 0.2) is 40.8 Å². The number of hydrogen-bond donors (Lipinski definition) is 6. The smallest absolute Gasteiger partial charge is 0.326 e. The second-order valence-electron chi connectivity index (χ2n) is 9.49. The summed E-state index contributed by atoms with van der Waals surface area (Å²) in [5.74, 6) is -5.06. The largest absolute Gasteiger partial charge is 0.481 e. The van der Waals surface area contributed by atoms with Gasteiger partial charge in [-0.05, 0) is 37.1 Å². The summed E-state index contributed by atoms with van der Waals surface area (Å²) in [7, 11) is 0. The number of hydroxylamine groups is 2. The van der Waals surface area contributed by atoms with Crippen LogP contribution in [0.3, 0.4) is 0 Å². The first-order valence-electron chi connectivity index (χ1n) is 13.5. The minimum Gasteiger partial charge on any atom is -0.481 e. The van der Waals surface area contributed by atoms with E-state index in [0.29, 0.717) is 29.2 Å². The Bertz CT molecular complexity index is 1240. The Morgan fingerprint density at radius 1 is 0.952 bits per heavy atom. The van der Waals surface area contributed by atoms with Crippen molar-refractivity contribution in [3.63, 3.8) is 0 Å². The van der Waals surface area contributed by atoms with Crippen molar-refractivity contribution < 1.29 is 48.6 Å². The highest BCUT2D eigenvalue weighted by Gasteiger charge is 2.30. The van der Waals surface area contributed by atoms with Crippen LogP contribution in [0.5, 0.6) is 0 Å². The number of carbonyl (C=O) groups is 6. The maximum Gasteiger partial charge on any atom is 0.326 e. The van der Waals surface area contributed by atoms with Gasteiger partial charge in [0, 0.05) is 11.1 Å². The molecule has 0 spiro atoms. The van der Waals surface area contributed by atoms with Crippen LogP contribution in [0.1, 0.15) is 73.3 Å². The Labute approximate surface area is 242 Å². The molecule has 0 fully saturated rings. The molecular formula is C28H36N4O10. The molecule has 0 radical (unpaired) electrons. The van der Waals surface area contributed by atoms with E-state index in [0.717, 1.165) is 19.3 Å². The van der Waals surface area contributed by atoms with Crippen LogP contribution in [0.4, 0.5) is 0 Å². The lowest BCUT2D eigenvalue weighted by atomic mass is 9.90. The van der Waals surface area contributed by atoms with Crippen LogP contribution in [0.25, 0.3) is 11.3 Å². The van der Waals surface area contributed by atoms with Gasteiger partial charge in [-0.3, -0.25) is 29.2 Å². The summed E-state index contributed by atoms with van der Waals surface area (Å²) in [5, 5.41) is 35.6. The summed E-state index contributed by atoms with van der Waals surface area (Å²) in [6, 6.07) is 6.45. The normalized spacial score (nSPS) is 12.8. The number of benzene rings is 1. The summed E-state index contributed by atoms with van der Waals surface area (Å²) in [4.78, 5) is 70.9. The standard InChI is InChI=1S/C28H36N4O10/c1-3-5-6-7-19(21(4-2)32(41)16-33)26(37)29-15-30-27(38)23-13-12-22(42-23)17-8-10-18(11-9-17)25(36)31-20(28(39)40)14-24(34)35/h8-13,16,19-21,41H,3-7,14-15H2,1-2H3,(H,29,37)(H,30,38)(H,31,36)(H,34,35)(H,39,40)/t19-,20+,21-/m1/s1. The van der Waals surface area contributed by atoms with Crippen LogP contribution >= 0.6 is 0 Å². The number of unbranched alkanes of at least 4 members (excludes halogenated alkanes) is 2. The lowest BCUT2D eigenvalue weighted by Crippen LogP contribution is -2.47. The lowest BCUT2D eigenvalue weighted by Gasteiger charge is -2.29. The number of carboxylic acid groups (broad SMARTS) is 2. The monoisotopic (exact) mass is 588 g/mol. The summed E-state index contributed by atoms with van der Waals surface area (Å²) in [6.07, 6.45) is 2.87. The second kappa shape index (κ2) is 16.5. The molecule has 14 nitrogen and oxygen atoms in total. The minimum absolute atomic E-state index is 0.0487.